The van der Waals surface area contributed by atoms with E-state index >= 15 is 0 Å². The molecule has 0 saturated carbocycles. The van der Waals surface area contributed by atoms with Crippen LogP contribution in [0.15, 0.2) is 24.3 Å². The third-order valence-electron chi connectivity index (χ3n) is 8.41. The average Bonchev–Trinajstić information content (AvgIpc) is 3.16. The average molecular weight is 824 g/mol. The Balaban J connectivity index is -0.00000125. The van der Waals surface area contributed by atoms with Crippen LogP contribution in [0, 0.1) is 5.92 Å². The standard InChI is InChI=1S/C26H50N6O6.C13H19NO2.2C2H6/c1-16(2)22(24(36)30-19(18(5)33)10-9-14-29-25(27)37)31-23(35)20(28-8)11-12-21(34)32-26(6,7)13-15-38-17(3)4;1-3-14-13(15)6-4-5-11-7-9-12(16-2)10-8-11;2*1-2/h16-17,19-20,22,28H,9-15H2,1-8H3,(H,30,36)(H,31,35)(H,32,34)(H3,27,29,37);7-10H,3-6H2,1-2H3,(H,14,15);2*1-2H3. The van der Waals surface area contributed by atoms with Crippen LogP contribution in [-0.2, 0) is 35.1 Å². The summed E-state index contributed by atoms with van der Waals surface area (Å²) in [5, 5.41) is 16.6. The lowest BCUT2D eigenvalue weighted by Crippen LogP contribution is -2.56. The Labute approximate surface area is 350 Å². The molecule has 0 aliphatic rings. The van der Waals surface area contributed by atoms with Crippen LogP contribution in [0.5, 0.6) is 5.75 Å². The number of aryl methyl sites for hydroxylation is 1. The molecular formula is C43H81N7O8. The second-order valence-corrected chi connectivity index (χ2v) is 14.5. The first-order chi connectivity index (χ1) is 27.3. The van der Waals surface area contributed by atoms with Crippen LogP contribution in [0.1, 0.15) is 134 Å². The summed E-state index contributed by atoms with van der Waals surface area (Å²) in [7, 11) is 3.27. The van der Waals surface area contributed by atoms with E-state index in [0.29, 0.717) is 38.8 Å². The van der Waals surface area contributed by atoms with Crippen molar-refractivity contribution in [1.29, 1.82) is 0 Å². The molecule has 0 saturated heterocycles. The predicted octanol–water partition coefficient (Wildman–Crippen LogP) is 4.93. The van der Waals surface area contributed by atoms with Crippen molar-refractivity contribution in [2.75, 3.05) is 33.9 Å². The molecule has 336 valence electrons. The molecule has 58 heavy (non-hydrogen) atoms. The quantitative estimate of drug-likeness (QED) is 0.0664. The molecule has 0 bridgehead atoms. The van der Waals surface area contributed by atoms with Gasteiger partial charge in [-0.2, -0.15) is 0 Å². The Kier molecular flexibility index (Phi) is 34.8. The van der Waals surface area contributed by atoms with E-state index in [4.69, 9.17) is 15.2 Å². The number of primary amides is 1. The highest BCUT2D eigenvalue weighted by molar-refractivity contribution is 5.93. The largest absolute Gasteiger partial charge is 0.497 e. The van der Waals surface area contributed by atoms with E-state index in [9.17, 15) is 28.8 Å². The van der Waals surface area contributed by atoms with Gasteiger partial charge in [-0.05, 0) is 111 Å². The van der Waals surface area contributed by atoms with Crippen LogP contribution in [-0.4, -0.2) is 99.1 Å². The maximum atomic E-state index is 13.0. The van der Waals surface area contributed by atoms with Crippen molar-refractivity contribution in [2.45, 2.75) is 164 Å². The lowest BCUT2D eigenvalue weighted by atomic mass is 9.99. The van der Waals surface area contributed by atoms with Crippen molar-refractivity contribution in [2.24, 2.45) is 11.7 Å². The highest BCUT2D eigenvalue weighted by atomic mass is 16.5. The zero-order chi connectivity index (χ0) is 45.3. The molecule has 6 amide bonds. The molecule has 0 aliphatic carbocycles. The lowest BCUT2D eigenvalue weighted by molar-refractivity contribution is -0.133. The molecule has 15 heteroatoms. The minimum atomic E-state index is -0.877. The van der Waals surface area contributed by atoms with Gasteiger partial charge in [0.05, 0.1) is 25.3 Å². The monoisotopic (exact) mass is 824 g/mol. The highest BCUT2D eigenvalue weighted by Crippen LogP contribution is 2.14. The first-order valence-electron chi connectivity index (χ1n) is 21.0. The van der Waals surface area contributed by atoms with Crippen LogP contribution < -0.4 is 42.4 Å². The maximum absolute atomic E-state index is 13.0. The van der Waals surface area contributed by atoms with Crippen LogP contribution >= 0.6 is 0 Å². The first-order valence-corrected chi connectivity index (χ1v) is 21.0. The minimum absolute atomic E-state index is 0.118. The SMILES string of the molecule is CC.CC.CCNC(=O)CCCc1ccc(OC)cc1.CNC(CCC(=O)NC(C)(C)CCOC(C)C)C(=O)NC(C(=O)NC(CCCNC(N)=O)C(C)=O)C(C)C. The van der Waals surface area contributed by atoms with E-state index in [1.165, 1.54) is 12.5 Å². The van der Waals surface area contributed by atoms with Gasteiger partial charge in [-0.3, -0.25) is 24.0 Å². The molecule has 1 aromatic carbocycles. The number of ether oxygens (including phenoxy) is 2. The van der Waals surface area contributed by atoms with Crippen molar-refractivity contribution in [3.05, 3.63) is 29.8 Å². The van der Waals surface area contributed by atoms with Gasteiger partial charge in [0.15, 0.2) is 5.78 Å². The molecule has 15 nitrogen and oxygen atoms in total. The van der Waals surface area contributed by atoms with Gasteiger partial charge in [0.25, 0.3) is 0 Å². The Morgan fingerprint density at radius 1 is 0.793 bits per heavy atom. The first kappa shape index (κ1) is 58.1. The Morgan fingerprint density at radius 3 is 1.88 bits per heavy atom. The van der Waals surface area contributed by atoms with Crippen molar-refractivity contribution in [1.82, 2.24) is 31.9 Å². The van der Waals surface area contributed by atoms with E-state index in [1.807, 2.05) is 86.6 Å². The minimum Gasteiger partial charge on any atom is -0.497 e. The van der Waals surface area contributed by atoms with E-state index in [-0.39, 0.29) is 49.0 Å². The van der Waals surface area contributed by atoms with Crippen molar-refractivity contribution in [3.63, 3.8) is 0 Å². The number of Topliss-reactive ketones (excluding diaryl/α,β-unsaturated/α-hetero) is 1. The van der Waals surface area contributed by atoms with Gasteiger partial charge >= 0.3 is 6.03 Å². The van der Waals surface area contributed by atoms with Gasteiger partial charge < -0.3 is 47.1 Å². The van der Waals surface area contributed by atoms with Crippen molar-refractivity contribution >= 4 is 35.4 Å². The summed E-state index contributed by atoms with van der Waals surface area (Å²) in [5.74, 6) is -0.552. The molecule has 0 aromatic heterocycles. The van der Waals surface area contributed by atoms with Crippen LogP contribution in [0.2, 0.25) is 0 Å². The number of amides is 6. The van der Waals surface area contributed by atoms with Crippen molar-refractivity contribution < 1.29 is 38.2 Å². The van der Waals surface area contributed by atoms with E-state index in [1.54, 1.807) is 28.0 Å². The molecule has 0 heterocycles. The van der Waals surface area contributed by atoms with Crippen molar-refractivity contribution in [3.8, 4) is 5.75 Å². The number of nitrogens with one attached hydrogen (secondary N) is 6. The van der Waals surface area contributed by atoms with Crippen LogP contribution in [0.25, 0.3) is 0 Å². The fourth-order valence-electron chi connectivity index (χ4n) is 5.21. The number of hydrogen-bond acceptors (Lipinski definition) is 9. The second kappa shape index (κ2) is 34.8. The Bertz CT molecular complexity index is 1290. The zero-order valence-electron chi connectivity index (χ0n) is 38.3. The Hall–Kier alpha value is -4.24. The smallest absolute Gasteiger partial charge is 0.312 e. The molecule has 0 aliphatic heterocycles. The number of methoxy groups -OCH3 is 1. The molecule has 0 fully saturated rings. The van der Waals surface area contributed by atoms with Gasteiger partial charge in [0.1, 0.15) is 11.8 Å². The lowest BCUT2D eigenvalue weighted by Gasteiger charge is -2.28. The molecule has 0 radical (unpaired) electrons. The molecular weight excluding hydrogens is 743 g/mol. The molecule has 0 spiro atoms. The molecule has 3 unspecified atom stereocenters. The number of nitrogens with two attached hydrogens (primary N) is 1. The molecule has 3 atom stereocenters. The number of carbonyl (C=O) groups is 6. The van der Waals surface area contributed by atoms with E-state index in [0.717, 1.165) is 18.6 Å². The number of carbonyl (C=O) groups excluding carboxylic acids is 6. The number of hydrogen-bond donors (Lipinski definition) is 7. The summed E-state index contributed by atoms with van der Waals surface area (Å²) < 4.78 is 10.6. The van der Waals surface area contributed by atoms with Gasteiger partial charge in [-0.1, -0.05) is 53.7 Å². The van der Waals surface area contributed by atoms with Gasteiger partial charge in [-0.25, -0.2) is 4.79 Å². The fourth-order valence-corrected chi connectivity index (χ4v) is 5.21. The maximum Gasteiger partial charge on any atom is 0.312 e. The fraction of sp³-hybridized carbons (Fsp3) is 0.721. The zero-order valence-corrected chi connectivity index (χ0v) is 38.3. The number of benzene rings is 1. The van der Waals surface area contributed by atoms with E-state index in [2.05, 4.69) is 31.9 Å². The molecule has 1 aromatic rings. The second-order valence-electron chi connectivity index (χ2n) is 14.5. The number of likely N-dealkylation sites (N-methyl/N-ethyl adjacent to an activating group) is 1. The highest BCUT2D eigenvalue weighted by Gasteiger charge is 2.30. The Morgan fingerprint density at radius 2 is 1.40 bits per heavy atom. The topological polar surface area (TPSA) is 219 Å². The van der Waals surface area contributed by atoms with Crippen LogP contribution in [0.3, 0.4) is 0 Å². The summed E-state index contributed by atoms with van der Waals surface area (Å²) in [6.07, 6.45) is 4.30. The normalized spacial score (nSPS) is 12.1. The summed E-state index contributed by atoms with van der Waals surface area (Å²) >= 11 is 0. The summed E-state index contributed by atoms with van der Waals surface area (Å²) in [5.41, 5.74) is 5.83. The molecule has 8 N–H and O–H groups in total. The van der Waals surface area contributed by atoms with E-state index < -0.39 is 41.5 Å². The number of urea groups is 1. The summed E-state index contributed by atoms with van der Waals surface area (Å²) in [4.78, 5) is 72.5. The molecule has 1 rings (SSSR count). The summed E-state index contributed by atoms with van der Waals surface area (Å²) in [6, 6.07) is 4.99. The number of rotatable bonds is 25. The van der Waals surface area contributed by atoms with Gasteiger partial charge in [0.2, 0.25) is 23.6 Å². The van der Waals surface area contributed by atoms with Crippen LogP contribution in [0.4, 0.5) is 4.79 Å². The third kappa shape index (κ3) is 29.9. The third-order valence-corrected chi connectivity index (χ3v) is 8.41. The predicted molar refractivity (Wildman–Crippen MR) is 234 cm³/mol. The number of ketones is 1. The van der Waals surface area contributed by atoms with Gasteiger partial charge in [-0.15, -0.1) is 0 Å². The van der Waals surface area contributed by atoms with Gasteiger partial charge in [0, 0.05) is 38.1 Å². The summed E-state index contributed by atoms with van der Waals surface area (Å²) in [6.45, 7) is 24.1.